The van der Waals surface area contributed by atoms with Crippen molar-refractivity contribution in [2.75, 3.05) is 12.4 Å². The fourth-order valence-corrected chi connectivity index (χ4v) is 3.08. The number of nitrogens with two attached hydrogens (primary N) is 1. The number of hydrogen-bond acceptors (Lipinski definition) is 7. The molecule has 1 aromatic heterocycles. The molecule has 1 aromatic rings. The van der Waals surface area contributed by atoms with Gasteiger partial charge in [-0.25, -0.2) is 23.3 Å². The summed E-state index contributed by atoms with van der Waals surface area (Å²) in [7, 11) is -2.51. The topological polar surface area (TPSA) is 111 Å². The Balaban J connectivity index is 2.92. The average Bonchev–Trinajstić information content (AvgIpc) is 2.57. The maximum Gasteiger partial charge on any atom is 0.328 e. The fraction of sp³-hybridized carbons (Fsp3) is 0.500. The molecule has 1 unspecified atom stereocenters. The molecule has 0 aromatic carbocycles. The van der Waals surface area contributed by atoms with Gasteiger partial charge in [0.05, 0.1) is 12.8 Å². The smallest absolute Gasteiger partial charge is 0.328 e. The van der Waals surface area contributed by atoms with Gasteiger partial charge in [0.1, 0.15) is 6.04 Å². The van der Waals surface area contributed by atoms with E-state index in [1.807, 2.05) is 0 Å². The minimum absolute atomic E-state index is 0.0166. The number of primary sulfonamides is 1. The zero-order chi connectivity index (χ0) is 13.2. The number of ether oxygens (including phenoxy) is 1. The Hall–Kier alpha value is -1.19. The van der Waals surface area contributed by atoms with E-state index in [1.54, 1.807) is 6.92 Å². The second-order valence-corrected chi connectivity index (χ2v) is 6.08. The molecule has 17 heavy (non-hydrogen) atoms. The van der Waals surface area contributed by atoms with E-state index in [1.165, 1.54) is 14.0 Å². The summed E-state index contributed by atoms with van der Waals surface area (Å²) in [5.41, 5.74) is 0.303. The van der Waals surface area contributed by atoms with Crippen LogP contribution < -0.4 is 10.5 Å². The molecule has 1 rings (SSSR count). The molecule has 1 heterocycles. The summed E-state index contributed by atoms with van der Waals surface area (Å²) in [4.78, 5) is 15.1. The highest BCUT2D eigenvalue weighted by molar-refractivity contribution is 7.91. The molecule has 0 saturated heterocycles. The number of nitrogens with one attached hydrogen (secondary N) is 1. The number of carbonyl (C=O) groups excluding carboxylic acids is 1. The maximum absolute atomic E-state index is 11.2. The molecule has 0 bridgehead atoms. The first-order valence-corrected chi connectivity index (χ1v) is 6.96. The normalized spacial score (nSPS) is 13.2. The van der Waals surface area contributed by atoms with Crippen LogP contribution in [0.25, 0.3) is 0 Å². The van der Waals surface area contributed by atoms with Crippen LogP contribution >= 0.6 is 11.3 Å². The number of sulfonamides is 1. The third kappa shape index (κ3) is 3.38. The first kappa shape index (κ1) is 13.9. The summed E-state index contributed by atoms with van der Waals surface area (Å²) in [5, 5.41) is 8.06. The highest BCUT2D eigenvalue weighted by Crippen LogP contribution is 2.26. The molecule has 0 spiro atoms. The van der Waals surface area contributed by atoms with Gasteiger partial charge < -0.3 is 10.1 Å². The van der Waals surface area contributed by atoms with Gasteiger partial charge in [-0.2, -0.15) is 0 Å². The predicted molar refractivity (Wildman–Crippen MR) is 63.3 cm³/mol. The molecule has 0 aliphatic heterocycles. The Morgan fingerprint density at radius 3 is 2.59 bits per heavy atom. The Labute approximate surface area is 103 Å². The number of thiazole rings is 1. The van der Waals surface area contributed by atoms with Gasteiger partial charge >= 0.3 is 5.97 Å². The van der Waals surface area contributed by atoms with E-state index < -0.39 is 22.0 Å². The van der Waals surface area contributed by atoms with Crippen LogP contribution in [0.15, 0.2) is 4.21 Å². The fourth-order valence-electron chi connectivity index (χ4n) is 1.13. The number of aromatic nitrogens is 1. The molecule has 0 radical (unpaired) electrons. The van der Waals surface area contributed by atoms with Gasteiger partial charge in [0.15, 0.2) is 9.34 Å². The third-order valence-corrected chi connectivity index (χ3v) is 4.55. The first-order valence-electron chi connectivity index (χ1n) is 4.60. The molecule has 1 atom stereocenters. The minimum Gasteiger partial charge on any atom is -0.467 e. The van der Waals surface area contributed by atoms with Crippen molar-refractivity contribution in [2.45, 2.75) is 24.1 Å². The Morgan fingerprint density at radius 1 is 1.59 bits per heavy atom. The second kappa shape index (κ2) is 4.98. The zero-order valence-corrected chi connectivity index (χ0v) is 11.2. The van der Waals surface area contributed by atoms with Gasteiger partial charge in [0.2, 0.25) is 10.0 Å². The van der Waals surface area contributed by atoms with Gasteiger partial charge in [-0.15, -0.1) is 0 Å². The Bertz CT molecular complexity index is 523. The van der Waals surface area contributed by atoms with Gasteiger partial charge in [-0.05, 0) is 13.8 Å². The van der Waals surface area contributed by atoms with Gasteiger partial charge in [0.25, 0.3) is 0 Å². The summed E-state index contributed by atoms with van der Waals surface area (Å²) in [5.74, 6) is -0.463. The second-order valence-electron chi connectivity index (χ2n) is 3.33. The highest BCUT2D eigenvalue weighted by Gasteiger charge is 2.20. The number of aryl methyl sites for hydroxylation is 1. The van der Waals surface area contributed by atoms with Crippen LogP contribution in [0.1, 0.15) is 12.6 Å². The van der Waals surface area contributed by atoms with E-state index in [0.29, 0.717) is 10.8 Å². The summed E-state index contributed by atoms with van der Waals surface area (Å²) in [6.45, 7) is 3.11. The van der Waals surface area contributed by atoms with Crippen LogP contribution in [0.2, 0.25) is 0 Å². The third-order valence-electron chi connectivity index (χ3n) is 1.91. The first-order chi connectivity index (χ1) is 7.75. The lowest BCUT2D eigenvalue weighted by Gasteiger charge is -2.09. The number of rotatable bonds is 4. The Kier molecular flexibility index (Phi) is 4.07. The van der Waals surface area contributed by atoms with Crippen LogP contribution in [0.3, 0.4) is 0 Å². The van der Waals surface area contributed by atoms with Crippen molar-refractivity contribution >= 4 is 32.5 Å². The summed E-state index contributed by atoms with van der Waals surface area (Å²) < 4.78 is 26.8. The number of nitrogens with zero attached hydrogens (tertiary/aromatic N) is 1. The van der Waals surface area contributed by atoms with Crippen molar-refractivity contribution in [3.8, 4) is 0 Å². The van der Waals surface area contributed by atoms with E-state index in [0.717, 1.165) is 11.3 Å². The lowest BCUT2D eigenvalue weighted by atomic mass is 10.3. The van der Waals surface area contributed by atoms with E-state index in [9.17, 15) is 13.2 Å². The van der Waals surface area contributed by atoms with E-state index in [2.05, 4.69) is 15.0 Å². The molecule has 0 aliphatic rings. The number of anilines is 1. The van der Waals surface area contributed by atoms with Crippen LogP contribution in [0.5, 0.6) is 0 Å². The van der Waals surface area contributed by atoms with Crippen LogP contribution in [0.4, 0.5) is 5.13 Å². The van der Waals surface area contributed by atoms with Crippen molar-refractivity contribution in [1.82, 2.24) is 4.98 Å². The molecule has 0 aliphatic carbocycles. The van der Waals surface area contributed by atoms with E-state index >= 15 is 0 Å². The number of methoxy groups -OCH3 is 1. The lowest BCUT2D eigenvalue weighted by Crippen LogP contribution is -2.27. The summed E-state index contributed by atoms with van der Waals surface area (Å²) in [6, 6.07) is -0.612. The average molecular weight is 279 g/mol. The standard InChI is InChI=1S/C8H13N3O4S2/c1-4(6(12)15-3)10-8-11-5(2)7(16-8)17(9,13)14/h4H,1-3H3,(H,10,11)(H2,9,13,14). The summed E-state index contributed by atoms with van der Waals surface area (Å²) >= 11 is 0.880. The largest absolute Gasteiger partial charge is 0.467 e. The Morgan fingerprint density at radius 2 is 2.18 bits per heavy atom. The number of carbonyl (C=O) groups is 1. The van der Waals surface area contributed by atoms with E-state index in [4.69, 9.17) is 5.14 Å². The summed E-state index contributed by atoms with van der Waals surface area (Å²) in [6.07, 6.45) is 0. The molecule has 9 heteroatoms. The van der Waals surface area contributed by atoms with Crippen LogP contribution in [-0.2, 0) is 19.6 Å². The van der Waals surface area contributed by atoms with Crippen molar-refractivity contribution in [2.24, 2.45) is 5.14 Å². The monoisotopic (exact) mass is 279 g/mol. The van der Waals surface area contributed by atoms with Crippen molar-refractivity contribution in [3.05, 3.63) is 5.69 Å². The van der Waals surface area contributed by atoms with E-state index in [-0.39, 0.29) is 4.21 Å². The van der Waals surface area contributed by atoms with Crippen LogP contribution in [-0.4, -0.2) is 32.5 Å². The van der Waals surface area contributed by atoms with Crippen LogP contribution in [0, 0.1) is 6.92 Å². The van der Waals surface area contributed by atoms with Crippen molar-refractivity contribution in [1.29, 1.82) is 0 Å². The number of esters is 1. The number of hydrogen-bond donors (Lipinski definition) is 2. The lowest BCUT2D eigenvalue weighted by molar-refractivity contribution is -0.141. The molecule has 0 fully saturated rings. The quantitative estimate of drug-likeness (QED) is 0.754. The molecule has 3 N–H and O–H groups in total. The molecule has 7 nitrogen and oxygen atoms in total. The SMILES string of the molecule is COC(=O)C(C)Nc1nc(C)c(S(N)(=O)=O)s1. The predicted octanol–water partition coefficient (Wildman–Crippen LogP) is 0.0723. The molecular formula is C8H13N3O4S2. The molecule has 0 saturated carbocycles. The molecule has 96 valence electrons. The van der Waals surface area contributed by atoms with Crippen molar-refractivity contribution < 1.29 is 17.9 Å². The zero-order valence-electron chi connectivity index (χ0n) is 9.55. The van der Waals surface area contributed by atoms with Gasteiger partial charge in [-0.3, -0.25) is 0 Å². The van der Waals surface area contributed by atoms with Gasteiger partial charge in [0, 0.05) is 0 Å². The molecule has 0 amide bonds. The molecular weight excluding hydrogens is 266 g/mol. The van der Waals surface area contributed by atoms with Gasteiger partial charge in [-0.1, -0.05) is 11.3 Å². The van der Waals surface area contributed by atoms with Crippen molar-refractivity contribution in [3.63, 3.8) is 0 Å². The maximum atomic E-state index is 11.2. The minimum atomic E-state index is -3.77. The highest BCUT2D eigenvalue weighted by atomic mass is 32.2.